The monoisotopic (exact) mass is 229 g/mol. The van der Waals surface area contributed by atoms with E-state index in [2.05, 4.69) is 17.0 Å². The van der Waals surface area contributed by atoms with Crippen molar-refractivity contribution in [3.63, 3.8) is 0 Å². The van der Waals surface area contributed by atoms with Crippen molar-refractivity contribution in [2.75, 3.05) is 0 Å². The van der Waals surface area contributed by atoms with Gasteiger partial charge in [-0.15, -0.1) is 0 Å². The van der Waals surface area contributed by atoms with Crippen molar-refractivity contribution in [2.45, 2.75) is 26.8 Å². The summed E-state index contributed by atoms with van der Waals surface area (Å²) in [6.07, 6.45) is 6.07. The molecule has 0 bridgehead atoms. The molecule has 0 amide bonds. The Balaban J connectivity index is 2.24. The number of aromatic nitrogens is 3. The molecule has 0 unspecified atom stereocenters. The summed E-state index contributed by atoms with van der Waals surface area (Å²) >= 11 is 0. The first-order valence-corrected chi connectivity index (χ1v) is 5.70. The van der Waals surface area contributed by atoms with Gasteiger partial charge in [0.25, 0.3) is 0 Å². The molecule has 0 saturated heterocycles. The first-order valence-electron chi connectivity index (χ1n) is 5.70. The lowest BCUT2D eigenvalue weighted by atomic mass is 10.1. The number of carbonyl (C=O) groups excluding carboxylic acids is 1. The zero-order chi connectivity index (χ0) is 12.3. The number of hydrogen-bond donors (Lipinski definition) is 0. The lowest BCUT2D eigenvalue weighted by molar-refractivity contribution is 0.103. The molecule has 0 radical (unpaired) electrons. The molecule has 0 spiro atoms. The Morgan fingerprint density at radius 2 is 2.24 bits per heavy atom. The zero-order valence-electron chi connectivity index (χ0n) is 10.1. The topological polar surface area (TPSA) is 47.8 Å². The maximum atomic E-state index is 12.1. The number of carbonyl (C=O) groups is 1. The summed E-state index contributed by atoms with van der Waals surface area (Å²) in [4.78, 5) is 16.2. The van der Waals surface area contributed by atoms with Gasteiger partial charge in [-0.25, -0.2) is 0 Å². The Labute approximate surface area is 100 Å². The van der Waals surface area contributed by atoms with Gasteiger partial charge in [0, 0.05) is 30.2 Å². The third kappa shape index (κ3) is 2.58. The predicted molar refractivity (Wildman–Crippen MR) is 64.9 cm³/mol. The minimum Gasteiger partial charge on any atom is -0.288 e. The van der Waals surface area contributed by atoms with E-state index in [0.29, 0.717) is 11.1 Å². The van der Waals surface area contributed by atoms with E-state index >= 15 is 0 Å². The second kappa shape index (κ2) is 4.91. The highest BCUT2D eigenvalue weighted by molar-refractivity contribution is 6.08. The fourth-order valence-corrected chi connectivity index (χ4v) is 1.69. The molecule has 2 heterocycles. The SMILES string of the molecule is CCCn1cc(C(=O)c2ccnc(C)c2)cn1. The first kappa shape index (κ1) is 11.5. The van der Waals surface area contributed by atoms with Gasteiger partial charge in [-0.05, 0) is 25.5 Å². The highest BCUT2D eigenvalue weighted by Crippen LogP contribution is 2.09. The number of nitrogens with zero attached hydrogens (tertiary/aromatic N) is 3. The molecule has 2 aromatic rings. The third-order valence-electron chi connectivity index (χ3n) is 2.51. The molecule has 2 aromatic heterocycles. The minimum absolute atomic E-state index is 0.00199. The van der Waals surface area contributed by atoms with E-state index in [9.17, 15) is 4.79 Å². The highest BCUT2D eigenvalue weighted by atomic mass is 16.1. The smallest absolute Gasteiger partial charge is 0.196 e. The summed E-state index contributed by atoms with van der Waals surface area (Å²) < 4.78 is 1.79. The summed E-state index contributed by atoms with van der Waals surface area (Å²) in [6.45, 7) is 4.79. The third-order valence-corrected chi connectivity index (χ3v) is 2.51. The molecule has 88 valence electrons. The van der Waals surface area contributed by atoms with Gasteiger partial charge < -0.3 is 0 Å². The van der Waals surface area contributed by atoms with Crippen molar-refractivity contribution in [2.24, 2.45) is 0 Å². The molecular formula is C13H15N3O. The molecule has 0 N–H and O–H groups in total. The maximum Gasteiger partial charge on any atom is 0.196 e. The predicted octanol–water partition coefficient (Wildman–Crippen LogP) is 2.23. The molecule has 0 atom stereocenters. The van der Waals surface area contributed by atoms with Gasteiger partial charge >= 0.3 is 0 Å². The van der Waals surface area contributed by atoms with Crippen LogP contribution >= 0.6 is 0 Å². The second-order valence-corrected chi connectivity index (χ2v) is 4.01. The standard InChI is InChI=1S/C13H15N3O/c1-3-6-16-9-12(8-15-16)13(17)11-4-5-14-10(2)7-11/h4-5,7-9H,3,6H2,1-2H3. The van der Waals surface area contributed by atoms with Gasteiger partial charge in [0.2, 0.25) is 0 Å². The Morgan fingerprint density at radius 3 is 2.94 bits per heavy atom. The lowest BCUT2D eigenvalue weighted by Gasteiger charge is -1.99. The fourth-order valence-electron chi connectivity index (χ4n) is 1.69. The second-order valence-electron chi connectivity index (χ2n) is 4.01. The van der Waals surface area contributed by atoms with Crippen LogP contribution in [-0.2, 0) is 6.54 Å². The van der Waals surface area contributed by atoms with Gasteiger partial charge in [-0.3, -0.25) is 14.5 Å². The van der Waals surface area contributed by atoms with E-state index in [4.69, 9.17) is 0 Å². The van der Waals surface area contributed by atoms with Crippen molar-refractivity contribution < 1.29 is 4.79 Å². The van der Waals surface area contributed by atoms with Crippen molar-refractivity contribution in [3.8, 4) is 0 Å². The van der Waals surface area contributed by atoms with Crippen LogP contribution in [0, 0.1) is 6.92 Å². The summed E-state index contributed by atoms with van der Waals surface area (Å²) in [5.41, 5.74) is 2.13. The quantitative estimate of drug-likeness (QED) is 0.755. The molecule has 2 rings (SSSR count). The number of pyridine rings is 1. The molecular weight excluding hydrogens is 214 g/mol. The molecule has 0 aliphatic rings. The Kier molecular flexibility index (Phi) is 3.32. The van der Waals surface area contributed by atoms with Crippen molar-refractivity contribution in [1.29, 1.82) is 0 Å². The number of aryl methyl sites for hydroxylation is 2. The van der Waals surface area contributed by atoms with Crippen LogP contribution in [0.15, 0.2) is 30.7 Å². The molecule has 0 aliphatic carbocycles. The summed E-state index contributed by atoms with van der Waals surface area (Å²) in [5, 5.41) is 4.16. The molecule has 17 heavy (non-hydrogen) atoms. The number of rotatable bonds is 4. The summed E-state index contributed by atoms with van der Waals surface area (Å²) in [5.74, 6) is -0.00199. The largest absolute Gasteiger partial charge is 0.288 e. The van der Waals surface area contributed by atoms with Crippen LogP contribution < -0.4 is 0 Å². The van der Waals surface area contributed by atoms with Crippen molar-refractivity contribution in [3.05, 3.63) is 47.5 Å². The molecule has 0 fully saturated rings. The van der Waals surface area contributed by atoms with Crippen LogP contribution in [0.3, 0.4) is 0 Å². The summed E-state index contributed by atoms with van der Waals surface area (Å²) in [7, 11) is 0. The Bertz CT molecular complexity index is 531. The number of hydrogen-bond acceptors (Lipinski definition) is 3. The molecule has 4 nitrogen and oxygen atoms in total. The van der Waals surface area contributed by atoms with E-state index in [-0.39, 0.29) is 5.78 Å². The lowest BCUT2D eigenvalue weighted by Crippen LogP contribution is -2.01. The average Bonchev–Trinajstić information content (AvgIpc) is 2.77. The average molecular weight is 229 g/mol. The normalized spacial score (nSPS) is 10.5. The zero-order valence-corrected chi connectivity index (χ0v) is 10.1. The van der Waals surface area contributed by atoms with Crippen LogP contribution in [0.2, 0.25) is 0 Å². The summed E-state index contributed by atoms with van der Waals surface area (Å²) in [6, 6.07) is 3.52. The highest BCUT2D eigenvalue weighted by Gasteiger charge is 2.11. The van der Waals surface area contributed by atoms with E-state index < -0.39 is 0 Å². The van der Waals surface area contributed by atoms with Crippen LogP contribution in [-0.4, -0.2) is 20.5 Å². The van der Waals surface area contributed by atoms with E-state index in [1.165, 1.54) is 0 Å². The van der Waals surface area contributed by atoms with Gasteiger partial charge in [-0.1, -0.05) is 6.92 Å². The van der Waals surface area contributed by atoms with Gasteiger partial charge in [0.1, 0.15) is 0 Å². The fraction of sp³-hybridized carbons (Fsp3) is 0.308. The van der Waals surface area contributed by atoms with Crippen LogP contribution in [0.5, 0.6) is 0 Å². The van der Waals surface area contributed by atoms with Gasteiger partial charge in [0.05, 0.1) is 11.8 Å². The Morgan fingerprint density at radius 1 is 1.41 bits per heavy atom. The van der Waals surface area contributed by atoms with Crippen LogP contribution in [0.1, 0.15) is 35.0 Å². The maximum absolute atomic E-state index is 12.1. The molecule has 0 aromatic carbocycles. The minimum atomic E-state index is -0.00199. The van der Waals surface area contributed by atoms with Gasteiger partial charge in [-0.2, -0.15) is 5.10 Å². The van der Waals surface area contributed by atoms with Gasteiger partial charge in [0.15, 0.2) is 5.78 Å². The van der Waals surface area contributed by atoms with E-state index in [1.54, 1.807) is 35.4 Å². The Hall–Kier alpha value is -1.97. The molecule has 0 saturated carbocycles. The van der Waals surface area contributed by atoms with Crippen molar-refractivity contribution in [1.82, 2.24) is 14.8 Å². The van der Waals surface area contributed by atoms with E-state index in [1.807, 2.05) is 6.92 Å². The molecule has 0 aliphatic heterocycles. The van der Waals surface area contributed by atoms with Crippen molar-refractivity contribution >= 4 is 5.78 Å². The van der Waals surface area contributed by atoms with E-state index in [0.717, 1.165) is 18.7 Å². The van der Waals surface area contributed by atoms with Crippen LogP contribution in [0.4, 0.5) is 0 Å². The first-order chi connectivity index (χ1) is 8.20. The number of ketones is 1. The molecule has 4 heteroatoms. The van der Waals surface area contributed by atoms with Crippen LogP contribution in [0.25, 0.3) is 0 Å².